The summed E-state index contributed by atoms with van der Waals surface area (Å²) in [6, 6.07) is 2.96. The van der Waals surface area contributed by atoms with Crippen LogP contribution in [0.5, 0.6) is 0 Å². The molecule has 6 nitrogen and oxygen atoms in total. The Morgan fingerprint density at radius 2 is 1.72 bits per heavy atom. The molecule has 0 aliphatic carbocycles. The Morgan fingerprint density at radius 3 is 2.28 bits per heavy atom. The molecule has 0 bridgehead atoms. The van der Waals surface area contributed by atoms with E-state index in [2.05, 4.69) is 15.5 Å². The van der Waals surface area contributed by atoms with Crippen LogP contribution in [0.1, 0.15) is 35.6 Å². The summed E-state index contributed by atoms with van der Waals surface area (Å²) in [5.41, 5.74) is 1.47. The summed E-state index contributed by atoms with van der Waals surface area (Å²) in [7, 11) is 0. The number of nitrogens with one attached hydrogen (secondary N) is 1. The van der Waals surface area contributed by atoms with Crippen LogP contribution < -0.4 is 5.32 Å². The highest BCUT2D eigenvalue weighted by Crippen LogP contribution is 2.28. The van der Waals surface area contributed by atoms with E-state index in [4.69, 9.17) is 0 Å². The monoisotopic (exact) mass is 357 g/mol. The van der Waals surface area contributed by atoms with Crippen molar-refractivity contribution >= 4 is 5.91 Å². The van der Waals surface area contributed by atoms with Crippen molar-refractivity contribution in [1.29, 1.82) is 0 Å². The van der Waals surface area contributed by atoms with E-state index in [-0.39, 0.29) is 18.9 Å². The van der Waals surface area contributed by atoms with Gasteiger partial charge in [0.05, 0.1) is 5.69 Å². The van der Waals surface area contributed by atoms with Crippen molar-refractivity contribution in [2.45, 2.75) is 52.9 Å². The highest BCUT2D eigenvalue weighted by molar-refractivity contribution is 5.75. The molecule has 25 heavy (non-hydrogen) atoms. The van der Waals surface area contributed by atoms with Crippen LogP contribution in [0.3, 0.4) is 0 Å². The predicted octanol–water partition coefficient (Wildman–Crippen LogP) is 2.62. The number of rotatable bonds is 7. The lowest BCUT2D eigenvalue weighted by molar-refractivity contribution is -0.141. The predicted molar refractivity (Wildman–Crippen MR) is 85.9 cm³/mol. The number of aromatic nitrogens is 4. The number of nitrogens with zero attached hydrogens (tertiary/aromatic N) is 4. The molecule has 0 aromatic carbocycles. The van der Waals surface area contributed by atoms with E-state index >= 15 is 0 Å². The first kappa shape index (κ1) is 19.0. The summed E-state index contributed by atoms with van der Waals surface area (Å²) in [4.78, 5) is 11.8. The van der Waals surface area contributed by atoms with Gasteiger partial charge in [-0.2, -0.15) is 23.4 Å². The van der Waals surface area contributed by atoms with Crippen LogP contribution in [0, 0.1) is 20.8 Å². The van der Waals surface area contributed by atoms with Crippen molar-refractivity contribution in [3.05, 3.63) is 34.9 Å². The van der Waals surface area contributed by atoms with Gasteiger partial charge in [0, 0.05) is 37.4 Å². The van der Waals surface area contributed by atoms with E-state index in [0.29, 0.717) is 18.8 Å². The summed E-state index contributed by atoms with van der Waals surface area (Å²) in [6.07, 6.45) is -3.66. The molecule has 2 aromatic rings. The zero-order valence-electron chi connectivity index (χ0n) is 14.5. The van der Waals surface area contributed by atoms with Crippen molar-refractivity contribution in [3.63, 3.8) is 0 Å². The van der Waals surface area contributed by atoms with Gasteiger partial charge in [-0.15, -0.1) is 0 Å². The van der Waals surface area contributed by atoms with Gasteiger partial charge < -0.3 is 5.32 Å². The third kappa shape index (κ3) is 5.33. The Morgan fingerprint density at radius 1 is 1.08 bits per heavy atom. The van der Waals surface area contributed by atoms with Crippen LogP contribution in [-0.4, -0.2) is 32.0 Å². The molecule has 1 amide bonds. The second-order valence-corrected chi connectivity index (χ2v) is 6.00. The molecule has 2 aromatic heterocycles. The van der Waals surface area contributed by atoms with Gasteiger partial charge in [-0.25, -0.2) is 0 Å². The Hall–Kier alpha value is -2.32. The second kappa shape index (κ2) is 7.71. The first-order chi connectivity index (χ1) is 11.7. The smallest absolute Gasteiger partial charge is 0.356 e. The topological polar surface area (TPSA) is 64.7 Å². The van der Waals surface area contributed by atoms with Crippen molar-refractivity contribution < 1.29 is 18.0 Å². The van der Waals surface area contributed by atoms with E-state index in [1.54, 1.807) is 0 Å². The molecule has 2 heterocycles. The Labute approximate surface area is 144 Å². The molecule has 0 aliphatic rings. The minimum atomic E-state index is -4.47. The lowest BCUT2D eigenvalue weighted by atomic mass is 10.3. The molecule has 0 radical (unpaired) electrons. The molecule has 0 fully saturated rings. The number of carbonyl (C=O) groups is 1. The van der Waals surface area contributed by atoms with Gasteiger partial charge in [0.2, 0.25) is 5.91 Å². The molecule has 0 unspecified atom stereocenters. The molecule has 2 rings (SSSR count). The summed E-state index contributed by atoms with van der Waals surface area (Å²) in [5, 5.41) is 10.6. The van der Waals surface area contributed by atoms with Gasteiger partial charge in [0.15, 0.2) is 5.69 Å². The Balaban J connectivity index is 1.72. The molecule has 0 atom stereocenters. The largest absolute Gasteiger partial charge is 0.435 e. The fraction of sp³-hybridized carbons (Fsp3) is 0.562. The number of halogens is 3. The highest BCUT2D eigenvalue weighted by atomic mass is 19.4. The SMILES string of the molecule is Cc1cc(C)n(CCCNC(=O)CCn2nc(C(F)(F)F)cc2C)n1. The third-order valence-electron chi connectivity index (χ3n) is 3.79. The average Bonchev–Trinajstić information content (AvgIpc) is 3.03. The molecule has 9 heteroatoms. The van der Waals surface area contributed by atoms with E-state index in [0.717, 1.165) is 23.9 Å². The van der Waals surface area contributed by atoms with E-state index < -0.39 is 11.9 Å². The number of hydrogen-bond acceptors (Lipinski definition) is 3. The van der Waals surface area contributed by atoms with Crippen molar-refractivity contribution in [2.24, 2.45) is 0 Å². The second-order valence-electron chi connectivity index (χ2n) is 6.00. The number of carbonyl (C=O) groups excluding carboxylic acids is 1. The number of amides is 1. The standard InChI is InChI=1S/C16H22F3N5O/c1-11-9-12(2)23(21-11)7-4-6-20-15(25)5-8-24-13(3)10-14(22-24)16(17,18)19/h9-10H,4-8H2,1-3H3,(H,20,25). The average molecular weight is 357 g/mol. The maximum absolute atomic E-state index is 12.6. The maximum atomic E-state index is 12.6. The van der Waals surface area contributed by atoms with E-state index in [1.165, 1.54) is 11.6 Å². The first-order valence-electron chi connectivity index (χ1n) is 8.06. The van der Waals surface area contributed by atoms with Crippen LogP contribution in [0.2, 0.25) is 0 Å². The minimum absolute atomic E-state index is 0.0831. The van der Waals surface area contributed by atoms with E-state index in [9.17, 15) is 18.0 Å². The molecule has 0 saturated carbocycles. The summed E-state index contributed by atoms with van der Waals surface area (Å²) < 4.78 is 40.9. The van der Waals surface area contributed by atoms with E-state index in [1.807, 2.05) is 24.6 Å². The molecule has 0 spiro atoms. The Kier molecular flexibility index (Phi) is 5.86. The molecular weight excluding hydrogens is 335 g/mol. The van der Waals surface area contributed by atoms with Gasteiger partial charge in [-0.05, 0) is 39.3 Å². The summed E-state index contributed by atoms with van der Waals surface area (Å²) >= 11 is 0. The third-order valence-corrected chi connectivity index (χ3v) is 3.79. The van der Waals surface area contributed by atoms with Crippen LogP contribution in [0.15, 0.2) is 12.1 Å². The minimum Gasteiger partial charge on any atom is -0.356 e. The maximum Gasteiger partial charge on any atom is 0.435 e. The molecule has 1 N–H and O–H groups in total. The van der Waals surface area contributed by atoms with Crippen molar-refractivity contribution in [2.75, 3.05) is 6.54 Å². The first-order valence-corrected chi connectivity index (χ1v) is 8.06. The van der Waals surface area contributed by atoms with Crippen LogP contribution in [-0.2, 0) is 24.1 Å². The van der Waals surface area contributed by atoms with Crippen LogP contribution >= 0.6 is 0 Å². The summed E-state index contributed by atoms with van der Waals surface area (Å²) in [5.74, 6) is -0.211. The normalized spacial score (nSPS) is 11.8. The molecule has 0 saturated heterocycles. The lowest BCUT2D eigenvalue weighted by Gasteiger charge is -2.08. The molecule has 138 valence electrons. The number of hydrogen-bond donors (Lipinski definition) is 1. The van der Waals surface area contributed by atoms with Gasteiger partial charge in [0.25, 0.3) is 0 Å². The lowest BCUT2D eigenvalue weighted by Crippen LogP contribution is -2.26. The van der Waals surface area contributed by atoms with Crippen molar-refractivity contribution in [3.8, 4) is 0 Å². The van der Waals surface area contributed by atoms with Gasteiger partial charge in [-0.1, -0.05) is 0 Å². The fourth-order valence-corrected chi connectivity index (χ4v) is 2.53. The zero-order valence-corrected chi connectivity index (χ0v) is 14.5. The molecule has 0 aliphatic heterocycles. The number of alkyl halides is 3. The van der Waals surface area contributed by atoms with Crippen LogP contribution in [0.4, 0.5) is 13.2 Å². The highest BCUT2D eigenvalue weighted by Gasteiger charge is 2.34. The fourth-order valence-electron chi connectivity index (χ4n) is 2.53. The van der Waals surface area contributed by atoms with Gasteiger partial charge in [-0.3, -0.25) is 14.2 Å². The molecular formula is C16H22F3N5O. The quantitative estimate of drug-likeness (QED) is 0.775. The summed E-state index contributed by atoms with van der Waals surface area (Å²) in [6.45, 7) is 6.74. The van der Waals surface area contributed by atoms with Crippen molar-refractivity contribution in [1.82, 2.24) is 24.9 Å². The van der Waals surface area contributed by atoms with Gasteiger partial charge in [0.1, 0.15) is 0 Å². The van der Waals surface area contributed by atoms with Gasteiger partial charge >= 0.3 is 6.18 Å². The number of aryl methyl sites for hydroxylation is 5. The zero-order chi connectivity index (χ0) is 18.6. The Bertz CT molecular complexity index is 733. The van der Waals surface area contributed by atoms with Crippen LogP contribution in [0.25, 0.3) is 0 Å².